The highest BCUT2D eigenvalue weighted by molar-refractivity contribution is 5.96. The number of benzene rings is 2. The summed E-state index contributed by atoms with van der Waals surface area (Å²) >= 11 is 0. The molecule has 0 bridgehead atoms. The van der Waals surface area contributed by atoms with Crippen LogP contribution in [0.25, 0.3) is 6.08 Å². The number of hydrogen-bond donors (Lipinski definition) is 1. The molecule has 0 spiro atoms. The van der Waals surface area contributed by atoms with Crippen LogP contribution >= 0.6 is 0 Å². The van der Waals surface area contributed by atoms with Crippen LogP contribution < -0.4 is 14.8 Å². The summed E-state index contributed by atoms with van der Waals surface area (Å²) in [5.41, 5.74) is -0.0125. The zero-order valence-corrected chi connectivity index (χ0v) is 15.8. The van der Waals surface area contributed by atoms with E-state index in [1.807, 2.05) is 5.32 Å². The molecule has 0 heterocycles. The Bertz CT molecular complexity index is 946. The molecule has 2 rings (SSSR count). The molecular formula is C20H18F3NO5. The van der Waals surface area contributed by atoms with Crippen LogP contribution in [-0.2, 0) is 14.3 Å². The third-order valence-electron chi connectivity index (χ3n) is 3.79. The molecule has 1 atom stereocenters. The molecule has 0 radical (unpaired) electrons. The predicted molar refractivity (Wildman–Crippen MR) is 99.1 cm³/mol. The first-order valence-electron chi connectivity index (χ1n) is 8.32. The van der Waals surface area contributed by atoms with Crippen molar-refractivity contribution in [2.45, 2.75) is 13.0 Å². The van der Waals surface area contributed by atoms with Gasteiger partial charge >= 0.3 is 5.97 Å². The molecule has 6 nitrogen and oxygen atoms in total. The topological polar surface area (TPSA) is 73.9 Å². The van der Waals surface area contributed by atoms with Gasteiger partial charge in [-0.05, 0) is 37.3 Å². The fourth-order valence-electron chi connectivity index (χ4n) is 2.24. The largest absolute Gasteiger partial charge is 0.497 e. The first-order valence-corrected chi connectivity index (χ1v) is 8.32. The summed E-state index contributed by atoms with van der Waals surface area (Å²) in [6.07, 6.45) is 1.17. The zero-order valence-electron chi connectivity index (χ0n) is 15.8. The lowest BCUT2D eigenvalue weighted by molar-refractivity contribution is -0.148. The molecule has 0 aliphatic carbocycles. The maximum Gasteiger partial charge on any atom is 0.331 e. The molecule has 0 aliphatic rings. The molecule has 154 valence electrons. The van der Waals surface area contributed by atoms with Gasteiger partial charge in [-0.3, -0.25) is 4.79 Å². The molecular weight excluding hydrogens is 391 g/mol. The Morgan fingerprint density at radius 1 is 1.03 bits per heavy atom. The van der Waals surface area contributed by atoms with E-state index in [2.05, 4.69) is 0 Å². The molecule has 0 aromatic heterocycles. The van der Waals surface area contributed by atoms with E-state index in [9.17, 15) is 22.8 Å². The standard InChI is InChI=1S/C20H18F3NO5/c1-11(20(26)24-15-8-7-14(21)18(22)19(15)23)29-17(25)9-5-12-4-6-13(27-2)10-16(12)28-3/h4-11H,1-3H3,(H,24,26)/b9-5+/t11-/m1/s1. The van der Waals surface area contributed by atoms with Crippen LogP contribution in [-0.4, -0.2) is 32.2 Å². The van der Waals surface area contributed by atoms with Crippen molar-refractivity contribution in [2.75, 3.05) is 19.5 Å². The van der Waals surface area contributed by atoms with Crippen molar-refractivity contribution in [3.63, 3.8) is 0 Å². The Labute approximate surface area is 164 Å². The molecule has 9 heteroatoms. The Hall–Kier alpha value is -3.49. The lowest BCUT2D eigenvalue weighted by Gasteiger charge is -2.13. The van der Waals surface area contributed by atoms with Gasteiger partial charge in [-0.25, -0.2) is 18.0 Å². The second-order valence-electron chi connectivity index (χ2n) is 5.73. The van der Waals surface area contributed by atoms with Crippen molar-refractivity contribution in [1.29, 1.82) is 0 Å². The van der Waals surface area contributed by atoms with E-state index < -0.39 is 41.1 Å². The number of rotatable bonds is 7. The van der Waals surface area contributed by atoms with E-state index in [4.69, 9.17) is 14.2 Å². The van der Waals surface area contributed by atoms with Gasteiger partial charge in [0, 0.05) is 17.7 Å². The van der Waals surface area contributed by atoms with Crippen LogP contribution in [0.2, 0.25) is 0 Å². The highest BCUT2D eigenvalue weighted by Gasteiger charge is 2.20. The van der Waals surface area contributed by atoms with Crippen molar-refractivity contribution in [2.24, 2.45) is 0 Å². The van der Waals surface area contributed by atoms with Gasteiger partial charge in [-0.2, -0.15) is 0 Å². The van der Waals surface area contributed by atoms with Gasteiger partial charge in [0.05, 0.1) is 19.9 Å². The van der Waals surface area contributed by atoms with E-state index >= 15 is 0 Å². The fraction of sp³-hybridized carbons (Fsp3) is 0.200. The maximum atomic E-state index is 13.6. The van der Waals surface area contributed by atoms with Crippen molar-refractivity contribution < 1.29 is 37.0 Å². The predicted octanol–water partition coefficient (Wildman–Crippen LogP) is 3.70. The number of hydrogen-bond acceptors (Lipinski definition) is 5. The van der Waals surface area contributed by atoms with Crippen LogP contribution in [0, 0.1) is 17.5 Å². The van der Waals surface area contributed by atoms with Crippen molar-refractivity contribution in [3.05, 3.63) is 59.4 Å². The van der Waals surface area contributed by atoms with E-state index in [0.29, 0.717) is 23.1 Å². The van der Waals surface area contributed by atoms with E-state index in [1.54, 1.807) is 18.2 Å². The number of nitrogens with one attached hydrogen (secondary N) is 1. The van der Waals surface area contributed by atoms with Gasteiger partial charge in [0.1, 0.15) is 11.5 Å². The van der Waals surface area contributed by atoms with Gasteiger partial charge in [0.2, 0.25) is 0 Å². The molecule has 0 unspecified atom stereocenters. The van der Waals surface area contributed by atoms with Crippen molar-refractivity contribution in [3.8, 4) is 11.5 Å². The lowest BCUT2D eigenvalue weighted by atomic mass is 10.1. The average molecular weight is 409 g/mol. The molecule has 1 amide bonds. The number of carbonyl (C=O) groups excluding carboxylic acids is 2. The summed E-state index contributed by atoms with van der Waals surface area (Å²) in [6, 6.07) is 6.46. The van der Waals surface area contributed by atoms with E-state index in [0.717, 1.165) is 12.1 Å². The van der Waals surface area contributed by atoms with Gasteiger partial charge in [0.25, 0.3) is 5.91 Å². The smallest absolute Gasteiger partial charge is 0.331 e. The Kier molecular flexibility index (Phi) is 7.24. The summed E-state index contributed by atoms with van der Waals surface area (Å²) in [4.78, 5) is 23.9. The number of halogens is 3. The minimum Gasteiger partial charge on any atom is -0.497 e. The second kappa shape index (κ2) is 9.63. The molecule has 0 aliphatic heterocycles. The third kappa shape index (κ3) is 5.50. The number of esters is 1. The van der Waals surface area contributed by atoms with Crippen molar-refractivity contribution in [1.82, 2.24) is 0 Å². The Morgan fingerprint density at radius 2 is 1.76 bits per heavy atom. The summed E-state index contributed by atoms with van der Waals surface area (Å²) in [5, 5.41) is 2.03. The zero-order chi connectivity index (χ0) is 21.6. The second-order valence-corrected chi connectivity index (χ2v) is 5.73. The molecule has 0 saturated carbocycles. The molecule has 2 aromatic rings. The highest BCUT2D eigenvalue weighted by atomic mass is 19.2. The van der Waals surface area contributed by atoms with Gasteiger partial charge in [-0.15, -0.1) is 0 Å². The summed E-state index contributed by atoms with van der Waals surface area (Å²) in [7, 11) is 2.95. The van der Waals surface area contributed by atoms with Crippen LogP contribution in [0.15, 0.2) is 36.4 Å². The van der Waals surface area contributed by atoms with Crippen LogP contribution in [0.5, 0.6) is 11.5 Å². The molecule has 29 heavy (non-hydrogen) atoms. The minimum atomic E-state index is -1.72. The van der Waals surface area contributed by atoms with Gasteiger partial charge in [-0.1, -0.05) is 0 Å². The quantitative estimate of drug-likeness (QED) is 0.429. The molecule has 2 aromatic carbocycles. The first kappa shape index (κ1) is 21.8. The number of amides is 1. The third-order valence-corrected chi connectivity index (χ3v) is 3.79. The average Bonchev–Trinajstić information content (AvgIpc) is 2.72. The highest BCUT2D eigenvalue weighted by Crippen LogP contribution is 2.25. The molecule has 0 fully saturated rings. The molecule has 1 N–H and O–H groups in total. The van der Waals surface area contributed by atoms with Crippen LogP contribution in [0.4, 0.5) is 18.9 Å². The monoisotopic (exact) mass is 409 g/mol. The maximum absolute atomic E-state index is 13.6. The van der Waals surface area contributed by atoms with Crippen LogP contribution in [0.1, 0.15) is 12.5 Å². The van der Waals surface area contributed by atoms with Crippen LogP contribution in [0.3, 0.4) is 0 Å². The normalized spacial score (nSPS) is 11.8. The fourth-order valence-corrected chi connectivity index (χ4v) is 2.24. The number of anilines is 1. The summed E-state index contributed by atoms with van der Waals surface area (Å²) in [5.74, 6) is -5.41. The number of methoxy groups -OCH3 is 2. The minimum absolute atomic E-state index is 0.452. The SMILES string of the molecule is COc1ccc(/C=C/C(=O)O[C@H](C)C(=O)Nc2ccc(F)c(F)c2F)c(OC)c1. The van der Waals surface area contributed by atoms with Gasteiger partial charge < -0.3 is 19.5 Å². The first-order chi connectivity index (χ1) is 13.8. The Balaban J connectivity index is 2.01. The Morgan fingerprint density at radius 3 is 2.41 bits per heavy atom. The van der Waals surface area contributed by atoms with Crippen molar-refractivity contribution >= 4 is 23.6 Å². The van der Waals surface area contributed by atoms with E-state index in [1.165, 1.54) is 27.2 Å². The number of carbonyl (C=O) groups is 2. The lowest BCUT2D eigenvalue weighted by Crippen LogP contribution is -2.29. The summed E-state index contributed by atoms with van der Waals surface area (Å²) in [6.45, 7) is 1.24. The van der Waals surface area contributed by atoms with E-state index in [-0.39, 0.29) is 0 Å². The van der Waals surface area contributed by atoms with Gasteiger partial charge in [0.15, 0.2) is 23.6 Å². The molecule has 0 saturated heterocycles. The number of ether oxygens (including phenoxy) is 3. The summed E-state index contributed by atoms with van der Waals surface area (Å²) < 4.78 is 54.9.